The standard InChI is InChI=1S/C13H14ClFN2O3/c14-6-5-13(3-4-13)8-16-12(18)10-2-1-9(15)7-11(10)17(19)20/h1-2,7H,3-6,8H2,(H,16,18). The minimum Gasteiger partial charge on any atom is -0.351 e. The van der Waals surface area contributed by atoms with E-state index >= 15 is 0 Å². The maximum atomic E-state index is 13.0. The number of amides is 1. The van der Waals surface area contributed by atoms with Crippen LogP contribution in [0.25, 0.3) is 0 Å². The number of hydrogen-bond donors (Lipinski definition) is 1. The van der Waals surface area contributed by atoms with Crippen molar-refractivity contribution >= 4 is 23.2 Å². The van der Waals surface area contributed by atoms with E-state index in [9.17, 15) is 19.3 Å². The van der Waals surface area contributed by atoms with E-state index < -0.39 is 22.3 Å². The number of nitrogens with one attached hydrogen (secondary N) is 1. The highest BCUT2D eigenvalue weighted by Crippen LogP contribution is 2.48. The van der Waals surface area contributed by atoms with Gasteiger partial charge in [0.25, 0.3) is 11.6 Å². The number of alkyl halides is 1. The number of halogens is 2. The third kappa shape index (κ3) is 3.25. The molecule has 0 unspecified atom stereocenters. The molecule has 1 N–H and O–H groups in total. The van der Waals surface area contributed by atoms with Crippen molar-refractivity contribution in [1.82, 2.24) is 5.32 Å². The second-order valence-electron chi connectivity index (χ2n) is 5.04. The van der Waals surface area contributed by atoms with Gasteiger partial charge in [0.15, 0.2) is 0 Å². The van der Waals surface area contributed by atoms with Gasteiger partial charge in [-0.2, -0.15) is 0 Å². The van der Waals surface area contributed by atoms with Gasteiger partial charge in [-0.15, -0.1) is 11.6 Å². The number of hydrogen-bond acceptors (Lipinski definition) is 3. The number of carbonyl (C=O) groups excluding carboxylic acids is 1. The first-order valence-corrected chi connectivity index (χ1v) is 6.79. The molecular formula is C13H14ClFN2O3. The summed E-state index contributed by atoms with van der Waals surface area (Å²) in [5.74, 6) is -0.779. The Labute approximate surface area is 120 Å². The van der Waals surface area contributed by atoms with Crippen LogP contribution in [-0.4, -0.2) is 23.3 Å². The number of nitro benzene ring substituents is 1. The Balaban J connectivity index is 2.08. The summed E-state index contributed by atoms with van der Waals surface area (Å²) in [4.78, 5) is 22.1. The second kappa shape index (κ2) is 5.75. The lowest BCUT2D eigenvalue weighted by molar-refractivity contribution is -0.385. The molecule has 1 amide bonds. The van der Waals surface area contributed by atoms with Crippen LogP contribution < -0.4 is 5.32 Å². The lowest BCUT2D eigenvalue weighted by Gasteiger charge is -2.14. The van der Waals surface area contributed by atoms with E-state index in [-0.39, 0.29) is 11.0 Å². The van der Waals surface area contributed by atoms with Crippen molar-refractivity contribution in [2.45, 2.75) is 19.3 Å². The lowest BCUT2D eigenvalue weighted by atomic mass is 10.0. The maximum Gasteiger partial charge on any atom is 0.285 e. The van der Waals surface area contributed by atoms with Crippen LogP contribution in [0.3, 0.4) is 0 Å². The number of carbonyl (C=O) groups is 1. The van der Waals surface area contributed by atoms with Crippen LogP contribution >= 0.6 is 11.6 Å². The molecule has 0 aromatic heterocycles. The third-order valence-electron chi connectivity index (χ3n) is 3.61. The third-order valence-corrected chi connectivity index (χ3v) is 3.80. The van der Waals surface area contributed by atoms with E-state index in [1.54, 1.807) is 0 Å². The zero-order valence-electron chi connectivity index (χ0n) is 10.7. The summed E-state index contributed by atoms with van der Waals surface area (Å²) in [5, 5.41) is 13.5. The fourth-order valence-electron chi connectivity index (χ4n) is 2.10. The van der Waals surface area contributed by atoms with Gasteiger partial charge < -0.3 is 5.32 Å². The molecule has 1 aliphatic carbocycles. The summed E-state index contributed by atoms with van der Waals surface area (Å²) in [5.41, 5.74) is -0.616. The molecule has 0 radical (unpaired) electrons. The van der Waals surface area contributed by atoms with Crippen LogP contribution in [0, 0.1) is 21.3 Å². The second-order valence-corrected chi connectivity index (χ2v) is 5.42. The van der Waals surface area contributed by atoms with E-state index in [1.165, 1.54) is 0 Å². The van der Waals surface area contributed by atoms with Crippen molar-refractivity contribution in [3.8, 4) is 0 Å². The molecule has 1 aromatic rings. The van der Waals surface area contributed by atoms with Crippen LogP contribution in [0.5, 0.6) is 0 Å². The highest BCUT2D eigenvalue weighted by molar-refractivity contribution is 6.17. The molecule has 108 valence electrons. The molecule has 7 heteroatoms. The van der Waals surface area contributed by atoms with E-state index in [1.807, 2.05) is 0 Å². The van der Waals surface area contributed by atoms with Gasteiger partial charge in [-0.25, -0.2) is 4.39 Å². The molecule has 1 saturated carbocycles. The number of benzene rings is 1. The summed E-state index contributed by atoms with van der Waals surface area (Å²) in [7, 11) is 0. The summed E-state index contributed by atoms with van der Waals surface area (Å²) in [6.45, 7) is 0.438. The lowest BCUT2D eigenvalue weighted by Crippen LogP contribution is -2.31. The Morgan fingerprint density at radius 1 is 1.50 bits per heavy atom. The maximum absolute atomic E-state index is 13.0. The van der Waals surface area contributed by atoms with Crippen molar-refractivity contribution < 1.29 is 14.1 Å². The first kappa shape index (κ1) is 14.7. The minimum absolute atomic E-state index is 0.0339. The van der Waals surface area contributed by atoms with Gasteiger partial charge in [-0.05, 0) is 36.8 Å². The van der Waals surface area contributed by atoms with Gasteiger partial charge in [-0.3, -0.25) is 14.9 Å². The molecule has 0 atom stereocenters. The fourth-order valence-corrected chi connectivity index (χ4v) is 2.50. The summed E-state index contributed by atoms with van der Waals surface area (Å²) in [6.07, 6.45) is 2.79. The van der Waals surface area contributed by atoms with Gasteiger partial charge in [0, 0.05) is 12.4 Å². The topological polar surface area (TPSA) is 72.2 Å². The van der Waals surface area contributed by atoms with Gasteiger partial charge >= 0.3 is 0 Å². The Hall–Kier alpha value is -1.69. The predicted molar refractivity (Wildman–Crippen MR) is 72.4 cm³/mol. The summed E-state index contributed by atoms with van der Waals surface area (Å²) < 4.78 is 13.0. The number of nitro groups is 1. The molecule has 1 aromatic carbocycles. The Kier molecular flexibility index (Phi) is 4.23. The Morgan fingerprint density at radius 3 is 2.75 bits per heavy atom. The first-order chi connectivity index (χ1) is 9.47. The molecule has 2 rings (SSSR count). The quantitative estimate of drug-likeness (QED) is 0.499. The molecule has 0 spiro atoms. The van der Waals surface area contributed by atoms with Crippen LogP contribution in [0.2, 0.25) is 0 Å². The molecular weight excluding hydrogens is 287 g/mol. The van der Waals surface area contributed by atoms with Crippen molar-refractivity contribution in [2.24, 2.45) is 5.41 Å². The zero-order valence-corrected chi connectivity index (χ0v) is 11.5. The van der Waals surface area contributed by atoms with Crippen LogP contribution in [-0.2, 0) is 0 Å². The molecule has 0 aliphatic heterocycles. The Morgan fingerprint density at radius 2 is 2.20 bits per heavy atom. The highest BCUT2D eigenvalue weighted by atomic mass is 35.5. The van der Waals surface area contributed by atoms with Gasteiger partial charge in [0.05, 0.1) is 11.0 Å². The molecule has 0 heterocycles. The molecule has 1 fully saturated rings. The number of nitrogens with zero attached hydrogens (tertiary/aromatic N) is 1. The average molecular weight is 301 g/mol. The molecule has 0 bridgehead atoms. The van der Waals surface area contributed by atoms with Crippen LogP contribution in [0.1, 0.15) is 29.6 Å². The summed E-state index contributed by atoms with van der Waals surface area (Å²) in [6, 6.07) is 2.91. The van der Waals surface area contributed by atoms with Crippen molar-refractivity contribution in [1.29, 1.82) is 0 Å². The largest absolute Gasteiger partial charge is 0.351 e. The molecule has 20 heavy (non-hydrogen) atoms. The minimum atomic E-state index is -0.760. The first-order valence-electron chi connectivity index (χ1n) is 6.25. The van der Waals surface area contributed by atoms with Crippen molar-refractivity contribution in [3.05, 3.63) is 39.7 Å². The van der Waals surface area contributed by atoms with E-state index in [0.29, 0.717) is 12.4 Å². The predicted octanol–water partition coefficient (Wildman–Crippen LogP) is 2.87. The monoisotopic (exact) mass is 300 g/mol. The van der Waals surface area contributed by atoms with Crippen LogP contribution in [0.4, 0.5) is 10.1 Å². The summed E-state index contributed by atoms with van der Waals surface area (Å²) >= 11 is 5.70. The molecule has 5 nitrogen and oxygen atoms in total. The number of rotatable bonds is 6. The van der Waals surface area contributed by atoms with Gasteiger partial charge in [0.1, 0.15) is 11.4 Å². The molecule has 0 saturated heterocycles. The smallest absolute Gasteiger partial charge is 0.285 e. The zero-order chi connectivity index (χ0) is 14.8. The highest BCUT2D eigenvalue weighted by Gasteiger charge is 2.42. The van der Waals surface area contributed by atoms with Gasteiger partial charge in [-0.1, -0.05) is 0 Å². The fraction of sp³-hybridized carbons (Fsp3) is 0.462. The van der Waals surface area contributed by atoms with E-state index in [2.05, 4.69) is 5.32 Å². The van der Waals surface area contributed by atoms with Crippen molar-refractivity contribution in [3.63, 3.8) is 0 Å². The van der Waals surface area contributed by atoms with Crippen molar-refractivity contribution in [2.75, 3.05) is 12.4 Å². The van der Waals surface area contributed by atoms with E-state index in [4.69, 9.17) is 11.6 Å². The van der Waals surface area contributed by atoms with E-state index in [0.717, 1.165) is 37.5 Å². The van der Waals surface area contributed by atoms with Gasteiger partial charge in [0.2, 0.25) is 0 Å². The molecule has 1 aliphatic rings. The SMILES string of the molecule is O=C(NCC1(CCCl)CC1)c1ccc(F)cc1[N+](=O)[O-]. The normalized spacial score (nSPS) is 15.7. The average Bonchev–Trinajstić information content (AvgIpc) is 3.16. The Bertz CT molecular complexity index is 546. The van der Waals surface area contributed by atoms with Crippen LogP contribution in [0.15, 0.2) is 18.2 Å².